The van der Waals surface area contributed by atoms with E-state index < -0.39 is 0 Å². The number of rotatable bonds is 1. The van der Waals surface area contributed by atoms with Gasteiger partial charge in [-0.15, -0.1) is 0 Å². The summed E-state index contributed by atoms with van der Waals surface area (Å²) in [7, 11) is 1.66. The van der Waals surface area contributed by atoms with Crippen molar-refractivity contribution in [3.63, 3.8) is 0 Å². The van der Waals surface area contributed by atoms with Gasteiger partial charge in [-0.1, -0.05) is 17.7 Å². The molecule has 1 aliphatic rings. The standard InChI is InChI=1S/C15H16N2O2/c1-10-4-5-11-9-13(15(19)17-6-3-7-17)16(2)14(18)12(11)8-10/h4-5,8-9H,3,6-7H2,1-2H3. The summed E-state index contributed by atoms with van der Waals surface area (Å²) in [6.45, 7) is 3.54. The van der Waals surface area contributed by atoms with E-state index in [2.05, 4.69) is 0 Å². The summed E-state index contributed by atoms with van der Waals surface area (Å²) in [5.41, 5.74) is 1.41. The Labute approximate surface area is 111 Å². The van der Waals surface area contributed by atoms with Gasteiger partial charge in [-0.3, -0.25) is 9.59 Å². The van der Waals surface area contributed by atoms with E-state index in [1.807, 2.05) is 31.2 Å². The first kappa shape index (κ1) is 12.0. The Balaban J connectivity index is 2.21. The molecule has 0 bridgehead atoms. The van der Waals surface area contributed by atoms with Crippen LogP contribution in [0.5, 0.6) is 0 Å². The third-order valence-electron chi connectivity index (χ3n) is 3.76. The molecule has 3 rings (SSSR count). The maximum Gasteiger partial charge on any atom is 0.270 e. The minimum atomic E-state index is -0.106. The molecule has 1 aromatic heterocycles. The Hall–Kier alpha value is -2.10. The Morgan fingerprint density at radius 1 is 1.21 bits per heavy atom. The highest BCUT2D eigenvalue weighted by Crippen LogP contribution is 2.17. The molecular formula is C15H16N2O2. The van der Waals surface area contributed by atoms with Crippen molar-refractivity contribution in [1.82, 2.24) is 9.47 Å². The van der Waals surface area contributed by atoms with Crippen LogP contribution in [0.15, 0.2) is 29.1 Å². The van der Waals surface area contributed by atoms with Crippen molar-refractivity contribution in [2.24, 2.45) is 7.05 Å². The maximum atomic E-state index is 12.3. The van der Waals surface area contributed by atoms with E-state index in [1.165, 1.54) is 4.57 Å². The number of benzene rings is 1. The van der Waals surface area contributed by atoms with Gasteiger partial charge in [0, 0.05) is 25.5 Å². The molecule has 2 heterocycles. The van der Waals surface area contributed by atoms with Gasteiger partial charge in [0.2, 0.25) is 0 Å². The molecule has 1 aliphatic heterocycles. The fraction of sp³-hybridized carbons (Fsp3) is 0.333. The molecule has 4 heteroatoms. The Morgan fingerprint density at radius 3 is 2.58 bits per heavy atom. The lowest BCUT2D eigenvalue weighted by molar-refractivity contribution is 0.0640. The van der Waals surface area contributed by atoms with Crippen LogP contribution >= 0.6 is 0 Å². The molecule has 0 aliphatic carbocycles. The maximum absolute atomic E-state index is 12.3. The summed E-state index contributed by atoms with van der Waals surface area (Å²) in [6, 6.07) is 7.55. The number of carbonyl (C=O) groups is 1. The summed E-state index contributed by atoms with van der Waals surface area (Å²) in [5.74, 6) is -0.0478. The summed E-state index contributed by atoms with van der Waals surface area (Å²) >= 11 is 0. The third-order valence-corrected chi connectivity index (χ3v) is 3.76. The monoisotopic (exact) mass is 256 g/mol. The van der Waals surface area contributed by atoms with E-state index in [4.69, 9.17) is 0 Å². The van der Waals surface area contributed by atoms with E-state index >= 15 is 0 Å². The summed E-state index contributed by atoms with van der Waals surface area (Å²) in [5, 5.41) is 1.50. The number of fused-ring (bicyclic) bond motifs is 1. The molecule has 0 saturated carbocycles. The zero-order valence-corrected chi connectivity index (χ0v) is 11.1. The second-order valence-corrected chi connectivity index (χ2v) is 5.13. The third kappa shape index (κ3) is 1.84. The van der Waals surface area contributed by atoms with Crippen LogP contribution in [0.25, 0.3) is 10.8 Å². The van der Waals surface area contributed by atoms with Crippen LogP contribution in [0.4, 0.5) is 0 Å². The molecule has 98 valence electrons. The topological polar surface area (TPSA) is 42.3 Å². The molecule has 0 spiro atoms. The van der Waals surface area contributed by atoms with Gasteiger partial charge < -0.3 is 9.47 Å². The van der Waals surface area contributed by atoms with Crippen molar-refractivity contribution < 1.29 is 4.79 Å². The second kappa shape index (κ2) is 4.23. The molecule has 2 aromatic rings. The molecule has 0 radical (unpaired) electrons. The predicted octanol–water partition coefficient (Wildman–Crippen LogP) is 1.69. The van der Waals surface area contributed by atoms with E-state index in [1.54, 1.807) is 11.9 Å². The molecule has 1 amide bonds. The van der Waals surface area contributed by atoms with Gasteiger partial charge in [0.15, 0.2) is 0 Å². The quantitative estimate of drug-likeness (QED) is 0.779. The van der Waals surface area contributed by atoms with Crippen LogP contribution in [0.2, 0.25) is 0 Å². The smallest absolute Gasteiger partial charge is 0.270 e. The number of pyridine rings is 1. The van der Waals surface area contributed by atoms with Gasteiger partial charge in [0.25, 0.3) is 11.5 Å². The highest BCUT2D eigenvalue weighted by atomic mass is 16.2. The lowest BCUT2D eigenvalue weighted by Crippen LogP contribution is -2.43. The normalized spacial score (nSPS) is 14.5. The Kier molecular flexibility index (Phi) is 2.66. The van der Waals surface area contributed by atoms with Crippen molar-refractivity contribution in [2.75, 3.05) is 13.1 Å². The minimum Gasteiger partial charge on any atom is -0.337 e. The molecule has 4 nitrogen and oxygen atoms in total. The molecule has 0 atom stereocenters. The minimum absolute atomic E-state index is 0.0478. The highest BCUT2D eigenvalue weighted by molar-refractivity contribution is 5.97. The number of aromatic nitrogens is 1. The molecule has 19 heavy (non-hydrogen) atoms. The zero-order chi connectivity index (χ0) is 13.6. The van der Waals surface area contributed by atoms with Crippen LogP contribution in [0.3, 0.4) is 0 Å². The zero-order valence-electron chi connectivity index (χ0n) is 11.1. The van der Waals surface area contributed by atoms with Crippen molar-refractivity contribution in [3.8, 4) is 0 Å². The summed E-state index contributed by atoms with van der Waals surface area (Å²) in [4.78, 5) is 26.4. The summed E-state index contributed by atoms with van der Waals surface area (Å²) in [6.07, 6.45) is 1.05. The molecule has 0 unspecified atom stereocenters. The van der Waals surface area contributed by atoms with Crippen LogP contribution in [-0.2, 0) is 7.05 Å². The van der Waals surface area contributed by atoms with Crippen LogP contribution in [0.1, 0.15) is 22.5 Å². The van der Waals surface area contributed by atoms with E-state index in [0.717, 1.165) is 30.5 Å². The molecule has 1 aromatic carbocycles. The number of carbonyl (C=O) groups excluding carboxylic acids is 1. The fourth-order valence-corrected chi connectivity index (χ4v) is 2.40. The Morgan fingerprint density at radius 2 is 1.95 bits per heavy atom. The van der Waals surface area contributed by atoms with Gasteiger partial charge in [-0.25, -0.2) is 0 Å². The fourth-order valence-electron chi connectivity index (χ4n) is 2.40. The highest BCUT2D eigenvalue weighted by Gasteiger charge is 2.24. The average Bonchev–Trinajstić information content (AvgIpc) is 2.32. The first-order chi connectivity index (χ1) is 9.08. The molecule has 1 fully saturated rings. The number of amides is 1. The molecule has 0 N–H and O–H groups in total. The van der Waals surface area contributed by atoms with Crippen molar-refractivity contribution in [3.05, 3.63) is 45.9 Å². The number of aryl methyl sites for hydroxylation is 1. The number of hydrogen-bond donors (Lipinski definition) is 0. The van der Waals surface area contributed by atoms with Gasteiger partial charge >= 0.3 is 0 Å². The number of likely N-dealkylation sites (tertiary alicyclic amines) is 1. The van der Waals surface area contributed by atoms with Crippen LogP contribution in [0, 0.1) is 6.92 Å². The first-order valence-electron chi connectivity index (χ1n) is 6.47. The number of hydrogen-bond acceptors (Lipinski definition) is 2. The Bertz CT molecular complexity index is 727. The van der Waals surface area contributed by atoms with Gasteiger partial charge in [-0.05, 0) is 30.9 Å². The van der Waals surface area contributed by atoms with Gasteiger partial charge in [0.05, 0.1) is 0 Å². The molecular weight excluding hydrogens is 240 g/mol. The van der Waals surface area contributed by atoms with Gasteiger partial charge in [0.1, 0.15) is 5.69 Å². The molecule has 1 saturated heterocycles. The summed E-state index contributed by atoms with van der Waals surface area (Å²) < 4.78 is 1.46. The average molecular weight is 256 g/mol. The number of nitrogens with zero attached hydrogens (tertiary/aromatic N) is 2. The van der Waals surface area contributed by atoms with Crippen molar-refractivity contribution >= 4 is 16.7 Å². The lowest BCUT2D eigenvalue weighted by atomic mass is 10.1. The van der Waals surface area contributed by atoms with Gasteiger partial charge in [-0.2, -0.15) is 0 Å². The van der Waals surface area contributed by atoms with Crippen molar-refractivity contribution in [2.45, 2.75) is 13.3 Å². The van der Waals surface area contributed by atoms with Crippen LogP contribution in [-0.4, -0.2) is 28.5 Å². The largest absolute Gasteiger partial charge is 0.337 e. The first-order valence-corrected chi connectivity index (χ1v) is 6.47. The van der Waals surface area contributed by atoms with E-state index in [9.17, 15) is 9.59 Å². The lowest BCUT2D eigenvalue weighted by Gasteiger charge is -2.31. The van der Waals surface area contributed by atoms with Crippen LogP contribution < -0.4 is 5.56 Å². The van der Waals surface area contributed by atoms with Crippen molar-refractivity contribution in [1.29, 1.82) is 0 Å². The van der Waals surface area contributed by atoms with E-state index in [-0.39, 0.29) is 11.5 Å². The second-order valence-electron chi connectivity index (χ2n) is 5.13. The SMILES string of the molecule is Cc1ccc2cc(C(=O)N3CCC3)n(C)c(=O)c2c1. The van der Waals surface area contributed by atoms with E-state index in [0.29, 0.717) is 11.1 Å². The predicted molar refractivity (Wildman–Crippen MR) is 74.4 cm³/mol.